The van der Waals surface area contributed by atoms with Gasteiger partial charge in [0.25, 0.3) is 0 Å². The summed E-state index contributed by atoms with van der Waals surface area (Å²) < 4.78 is 0. The number of pyridine rings is 2. The van der Waals surface area contributed by atoms with Crippen molar-refractivity contribution < 1.29 is 4.79 Å². The molecule has 0 radical (unpaired) electrons. The Kier molecular flexibility index (Phi) is 4.94. The fraction of sp³-hybridized carbons (Fsp3) is 0.158. The van der Waals surface area contributed by atoms with Gasteiger partial charge in [-0.3, -0.25) is 9.78 Å². The first-order chi connectivity index (χ1) is 12.6. The second kappa shape index (κ2) is 7.49. The Labute approximate surface area is 150 Å². The molecule has 1 amide bonds. The molecule has 7 heteroatoms. The summed E-state index contributed by atoms with van der Waals surface area (Å²) in [5.74, 6) is 0.395. The highest BCUT2D eigenvalue weighted by Gasteiger charge is 2.14. The van der Waals surface area contributed by atoms with Gasteiger partial charge >= 0.3 is 0 Å². The van der Waals surface area contributed by atoms with Gasteiger partial charge in [-0.15, -0.1) is 0 Å². The van der Waals surface area contributed by atoms with Gasteiger partial charge in [0, 0.05) is 5.39 Å². The molecule has 3 aromatic rings. The van der Waals surface area contributed by atoms with Gasteiger partial charge in [-0.05, 0) is 30.7 Å². The number of primary amides is 1. The number of benzene rings is 1. The Hall–Kier alpha value is -3.66. The van der Waals surface area contributed by atoms with E-state index < -0.39 is 11.9 Å². The predicted molar refractivity (Wildman–Crippen MR) is 101 cm³/mol. The Morgan fingerprint density at radius 1 is 1.31 bits per heavy atom. The smallest absolute Gasteiger partial charge is 0.239 e. The van der Waals surface area contributed by atoms with Gasteiger partial charge in [-0.2, -0.15) is 5.26 Å². The topological polar surface area (TPSA) is 117 Å². The Balaban J connectivity index is 1.90. The van der Waals surface area contributed by atoms with E-state index in [9.17, 15) is 10.1 Å². The number of nitrogens with one attached hydrogen (secondary N) is 2. The molecule has 0 unspecified atom stereocenters. The molecule has 0 spiro atoms. The number of hydrogen-bond donors (Lipinski definition) is 3. The number of hydrogen-bond acceptors (Lipinski definition) is 6. The molecule has 26 heavy (non-hydrogen) atoms. The summed E-state index contributed by atoms with van der Waals surface area (Å²) in [6, 6.07) is 14.6. The van der Waals surface area contributed by atoms with Gasteiger partial charge in [0.05, 0.1) is 23.0 Å². The number of rotatable bonds is 6. The van der Waals surface area contributed by atoms with Crippen molar-refractivity contribution in [2.45, 2.75) is 19.4 Å². The van der Waals surface area contributed by atoms with Crippen LogP contribution in [0.2, 0.25) is 0 Å². The zero-order chi connectivity index (χ0) is 18.5. The third-order valence-electron chi connectivity index (χ3n) is 3.94. The van der Waals surface area contributed by atoms with Crippen molar-refractivity contribution in [3.63, 3.8) is 0 Å². The van der Waals surface area contributed by atoms with Gasteiger partial charge in [-0.1, -0.05) is 25.1 Å². The lowest BCUT2D eigenvalue weighted by Gasteiger charge is -2.15. The first-order valence-electron chi connectivity index (χ1n) is 8.19. The zero-order valence-corrected chi connectivity index (χ0v) is 14.2. The Bertz CT molecular complexity index is 995. The summed E-state index contributed by atoms with van der Waals surface area (Å²) in [6.45, 7) is 1.85. The van der Waals surface area contributed by atoms with Gasteiger partial charge in [0.2, 0.25) is 5.91 Å². The number of carbonyl (C=O) groups excluding carboxylic acids is 1. The average Bonchev–Trinajstić information content (AvgIpc) is 2.66. The maximum Gasteiger partial charge on any atom is 0.239 e. The molecule has 1 aromatic carbocycles. The number of para-hydroxylation sites is 1. The van der Waals surface area contributed by atoms with Crippen LogP contribution in [0.3, 0.4) is 0 Å². The number of fused-ring (bicyclic) bond motifs is 1. The van der Waals surface area contributed by atoms with Crippen molar-refractivity contribution in [2.75, 3.05) is 10.6 Å². The molecule has 0 bridgehead atoms. The van der Waals surface area contributed by atoms with Gasteiger partial charge < -0.3 is 16.4 Å². The highest BCUT2D eigenvalue weighted by molar-refractivity contribution is 5.83. The molecule has 7 nitrogen and oxygen atoms in total. The molecule has 0 fully saturated rings. The molecule has 2 aromatic heterocycles. The lowest BCUT2D eigenvalue weighted by atomic mass is 10.2. The number of nitrogens with two attached hydrogens (primary N) is 1. The predicted octanol–water partition coefficient (Wildman–Crippen LogP) is 2.92. The SMILES string of the molecule is CC[C@@H](Nc1ccc(C#N)c(Nc2cnc3ccccc3c2)n1)C(N)=O. The first-order valence-corrected chi connectivity index (χ1v) is 8.19. The number of amides is 1. The van der Waals surface area contributed by atoms with Crippen LogP contribution in [-0.4, -0.2) is 21.9 Å². The van der Waals surface area contributed by atoms with E-state index in [0.717, 1.165) is 10.9 Å². The molecule has 0 aliphatic carbocycles. The highest BCUT2D eigenvalue weighted by atomic mass is 16.1. The van der Waals surface area contributed by atoms with Gasteiger partial charge in [0.15, 0.2) is 5.82 Å². The monoisotopic (exact) mass is 346 g/mol. The number of carbonyl (C=O) groups is 1. The minimum Gasteiger partial charge on any atom is -0.368 e. The lowest BCUT2D eigenvalue weighted by molar-refractivity contribution is -0.118. The molecule has 0 aliphatic rings. The van der Waals surface area contributed by atoms with E-state index in [0.29, 0.717) is 29.3 Å². The summed E-state index contributed by atoms with van der Waals surface area (Å²) in [4.78, 5) is 20.2. The van der Waals surface area contributed by atoms with Crippen molar-refractivity contribution in [1.82, 2.24) is 9.97 Å². The summed E-state index contributed by atoms with van der Waals surface area (Å²) in [7, 11) is 0. The van der Waals surface area contributed by atoms with Crippen molar-refractivity contribution >= 4 is 34.1 Å². The molecule has 0 aliphatic heterocycles. The maximum atomic E-state index is 11.4. The van der Waals surface area contributed by atoms with Gasteiger partial charge in [0.1, 0.15) is 17.9 Å². The minimum absolute atomic E-state index is 0.383. The average molecular weight is 346 g/mol. The molecule has 130 valence electrons. The van der Waals surface area contributed by atoms with E-state index in [1.807, 2.05) is 37.3 Å². The van der Waals surface area contributed by atoms with Crippen LogP contribution in [0.1, 0.15) is 18.9 Å². The molecule has 2 heterocycles. The Morgan fingerprint density at radius 2 is 2.12 bits per heavy atom. The summed E-state index contributed by atoms with van der Waals surface area (Å²) >= 11 is 0. The molecule has 1 atom stereocenters. The number of nitrogens with zero attached hydrogens (tertiary/aromatic N) is 3. The van der Waals surface area contributed by atoms with Crippen molar-refractivity contribution in [1.29, 1.82) is 5.26 Å². The minimum atomic E-state index is -0.523. The zero-order valence-electron chi connectivity index (χ0n) is 14.2. The second-order valence-electron chi connectivity index (χ2n) is 5.75. The van der Waals surface area contributed by atoms with Crippen LogP contribution in [0, 0.1) is 11.3 Å². The fourth-order valence-electron chi connectivity index (χ4n) is 2.55. The van der Waals surface area contributed by atoms with Crippen LogP contribution in [0.4, 0.5) is 17.3 Å². The van der Waals surface area contributed by atoms with E-state index in [1.165, 1.54) is 0 Å². The van der Waals surface area contributed by atoms with Crippen LogP contribution in [0.25, 0.3) is 10.9 Å². The van der Waals surface area contributed by atoms with E-state index in [-0.39, 0.29) is 0 Å². The fourth-order valence-corrected chi connectivity index (χ4v) is 2.55. The Morgan fingerprint density at radius 3 is 2.85 bits per heavy atom. The van der Waals surface area contributed by atoms with Crippen molar-refractivity contribution in [3.8, 4) is 6.07 Å². The standard InChI is InChI=1S/C19H18N6O/c1-2-15(18(21)26)24-17-8-7-13(10-20)19(25-17)23-14-9-12-5-3-4-6-16(12)22-11-14/h3-9,11,15H,2H2,1H3,(H2,21,26)(H2,23,24,25)/t15-/m1/s1. The summed E-state index contributed by atoms with van der Waals surface area (Å²) in [6.07, 6.45) is 2.22. The molecular formula is C19H18N6O. The van der Waals surface area contributed by atoms with E-state index >= 15 is 0 Å². The van der Waals surface area contributed by atoms with Crippen LogP contribution in [-0.2, 0) is 4.79 Å². The molecule has 0 saturated heterocycles. The molecular weight excluding hydrogens is 328 g/mol. The van der Waals surface area contributed by atoms with Crippen LogP contribution < -0.4 is 16.4 Å². The third kappa shape index (κ3) is 3.70. The van der Waals surface area contributed by atoms with Crippen LogP contribution in [0.5, 0.6) is 0 Å². The lowest BCUT2D eigenvalue weighted by Crippen LogP contribution is -2.35. The summed E-state index contributed by atoms with van der Waals surface area (Å²) in [5.41, 5.74) is 7.34. The summed E-state index contributed by atoms with van der Waals surface area (Å²) in [5, 5.41) is 16.4. The second-order valence-corrected chi connectivity index (χ2v) is 5.75. The number of anilines is 3. The van der Waals surface area contributed by atoms with Crippen LogP contribution in [0.15, 0.2) is 48.7 Å². The third-order valence-corrected chi connectivity index (χ3v) is 3.94. The maximum absolute atomic E-state index is 11.4. The molecule has 4 N–H and O–H groups in total. The van der Waals surface area contributed by atoms with Crippen molar-refractivity contribution in [2.24, 2.45) is 5.73 Å². The molecule has 3 rings (SSSR count). The number of aromatic nitrogens is 2. The largest absolute Gasteiger partial charge is 0.368 e. The normalized spacial score (nSPS) is 11.5. The van der Waals surface area contributed by atoms with Crippen LogP contribution >= 0.6 is 0 Å². The van der Waals surface area contributed by atoms with E-state index in [4.69, 9.17) is 5.73 Å². The first kappa shape index (κ1) is 17.2. The van der Waals surface area contributed by atoms with Crippen molar-refractivity contribution in [3.05, 3.63) is 54.2 Å². The van der Waals surface area contributed by atoms with E-state index in [1.54, 1.807) is 18.3 Å². The number of nitriles is 1. The quantitative estimate of drug-likeness (QED) is 0.632. The highest BCUT2D eigenvalue weighted by Crippen LogP contribution is 2.23. The van der Waals surface area contributed by atoms with Gasteiger partial charge in [-0.25, -0.2) is 4.98 Å². The van der Waals surface area contributed by atoms with E-state index in [2.05, 4.69) is 26.7 Å². The molecule has 0 saturated carbocycles.